The van der Waals surface area contributed by atoms with E-state index in [-0.39, 0.29) is 12.6 Å². The number of rotatable bonds is 8. The standard InChI is InChI=1S/C17H24N2O4/c1-2-6-14(15(20)16(21)18-13-9-10-13)19-17(22)23-11-12-7-4-3-5-8-12/h3-5,7-8,13-15,20H,2,6,9-11H2,1H3,(H,18,21)(H,19,22)/t14-,15?/m0/s1. The third kappa shape index (κ3) is 5.90. The molecule has 2 atom stereocenters. The van der Waals surface area contributed by atoms with Gasteiger partial charge in [0.25, 0.3) is 5.91 Å². The van der Waals surface area contributed by atoms with E-state index in [0.29, 0.717) is 6.42 Å². The van der Waals surface area contributed by atoms with Gasteiger partial charge in [0.05, 0.1) is 6.04 Å². The zero-order valence-corrected chi connectivity index (χ0v) is 13.3. The van der Waals surface area contributed by atoms with Crippen molar-refractivity contribution in [1.29, 1.82) is 0 Å². The lowest BCUT2D eigenvalue weighted by Gasteiger charge is -2.23. The average molecular weight is 320 g/mol. The van der Waals surface area contributed by atoms with E-state index in [1.54, 1.807) is 0 Å². The van der Waals surface area contributed by atoms with E-state index in [0.717, 1.165) is 24.8 Å². The number of nitrogens with one attached hydrogen (secondary N) is 2. The average Bonchev–Trinajstić information content (AvgIpc) is 3.36. The molecule has 0 heterocycles. The number of alkyl carbamates (subject to hydrolysis) is 1. The number of hydrogen-bond donors (Lipinski definition) is 3. The summed E-state index contributed by atoms with van der Waals surface area (Å²) in [7, 11) is 0. The lowest BCUT2D eigenvalue weighted by molar-refractivity contribution is -0.130. The van der Waals surface area contributed by atoms with Crippen LogP contribution in [0, 0.1) is 0 Å². The largest absolute Gasteiger partial charge is 0.445 e. The van der Waals surface area contributed by atoms with Gasteiger partial charge >= 0.3 is 6.09 Å². The number of hydrogen-bond acceptors (Lipinski definition) is 4. The van der Waals surface area contributed by atoms with Crippen LogP contribution in [0.4, 0.5) is 4.79 Å². The predicted molar refractivity (Wildman–Crippen MR) is 85.6 cm³/mol. The second kappa shape index (κ2) is 8.53. The fraction of sp³-hybridized carbons (Fsp3) is 0.529. The second-order valence-electron chi connectivity index (χ2n) is 5.83. The highest BCUT2D eigenvalue weighted by Gasteiger charge is 2.31. The molecule has 6 nitrogen and oxygen atoms in total. The van der Waals surface area contributed by atoms with Gasteiger partial charge < -0.3 is 20.5 Å². The molecular formula is C17H24N2O4. The van der Waals surface area contributed by atoms with Crippen LogP contribution in [0.1, 0.15) is 38.2 Å². The topological polar surface area (TPSA) is 87.7 Å². The number of carbonyl (C=O) groups is 2. The minimum absolute atomic E-state index is 0.149. The fourth-order valence-corrected chi connectivity index (χ4v) is 2.23. The normalized spacial score (nSPS) is 16.3. The number of benzene rings is 1. The van der Waals surface area contributed by atoms with Crippen molar-refractivity contribution in [2.75, 3.05) is 0 Å². The molecule has 1 fully saturated rings. The Morgan fingerprint density at radius 2 is 2.00 bits per heavy atom. The summed E-state index contributed by atoms with van der Waals surface area (Å²) in [5, 5.41) is 15.5. The van der Waals surface area contributed by atoms with Crippen molar-refractivity contribution in [2.24, 2.45) is 0 Å². The van der Waals surface area contributed by atoms with Gasteiger partial charge in [0, 0.05) is 6.04 Å². The quantitative estimate of drug-likeness (QED) is 0.680. The lowest BCUT2D eigenvalue weighted by atomic mass is 10.1. The molecular weight excluding hydrogens is 296 g/mol. The van der Waals surface area contributed by atoms with Gasteiger partial charge in [-0.05, 0) is 24.8 Å². The molecule has 2 rings (SSSR count). The van der Waals surface area contributed by atoms with E-state index >= 15 is 0 Å². The highest BCUT2D eigenvalue weighted by Crippen LogP contribution is 2.19. The Bertz CT molecular complexity index is 517. The van der Waals surface area contributed by atoms with Crippen LogP contribution >= 0.6 is 0 Å². The van der Waals surface area contributed by atoms with E-state index in [9.17, 15) is 14.7 Å². The molecule has 126 valence electrons. The third-order valence-corrected chi connectivity index (χ3v) is 3.69. The van der Waals surface area contributed by atoms with Gasteiger partial charge in [-0.3, -0.25) is 4.79 Å². The zero-order valence-electron chi connectivity index (χ0n) is 13.3. The van der Waals surface area contributed by atoms with E-state index < -0.39 is 24.1 Å². The molecule has 1 aliphatic rings. The Morgan fingerprint density at radius 1 is 1.30 bits per heavy atom. The molecule has 0 radical (unpaired) electrons. The molecule has 1 unspecified atom stereocenters. The summed E-state index contributed by atoms with van der Waals surface area (Å²) in [5.41, 5.74) is 0.877. The second-order valence-corrected chi connectivity index (χ2v) is 5.83. The van der Waals surface area contributed by atoms with Crippen molar-refractivity contribution in [2.45, 2.75) is 57.4 Å². The summed E-state index contributed by atoms with van der Waals surface area (Å²) < 4.78 is 5.14. The highest BCUT2D eigenvalue weighted by molar-refractivity contribution is 5.82. The maximum Gasteiger partial charge on any atom is 0.407 e. The summed E-state index contributed by atoms with van der Waals surface area (Å²) in [5.74, 6) is -0.436. The number of carbonyl (C=O) groups excluding carboxylic acids is 2. The molecule has 0 bridgehead atoms. The maximum atomic E-state index is 11.9. The van der Waals surface area contributed by atoms with Gasteiger partial charge in [0.2, 0.25) is 0 Å². The number of aliphatic hydroxyl groups excluding tert-OH is 1. The molecule has 3 N–H and O–H groups in total. The van der Waals surface area contributed by atoms with Gasteiger partial charge in [-0.25, -0.2) is 4.79 Å². The smallest absolute Gasteiger partial charge is 0.407 e. The van der Waals surface area contributed by atoms with Gasteiger partial charge in [-0.1, -0.05) is 43.7 Å². The van der Waals surface area contributed by atoms with Crippen molar-refractivity contribution >= 4 is 12.0 Å². The first-order chi connectivity index (χ1) is 11.1. The van der Waals surface area contributed by atoms with Gasteiger partial charge in [-0.2, -0.15) is 0 Å². The first-order valence-electron chi connectivity index (χ1n) is 8.05. The van der Waals surface area contributed by atoms with Crippen molar-refractivity contribution in [3.63, 3.8) is 0 Å². The summed E-state index contributed by atoms with van der Waals surface area (Å²) in [6.45, 7) is 2.07. The summed E-state index contributed by atoms with van der Waals surface area (Å²) in [4.78, 5) is 23.8. The Morgan fingerprint density at radius 3 is 2.61 bits per heavy atom. The molecule has 0 spiro atoms. The molecule has 2 amide bonds. The Labute approximate surface area is 136 Å². The van der Waals surface area contributed by atoms with Crippen LogP contribution in [0.3, 0.4) is 0 Å². The van der Waals surface area contributed by atoms with Crippen LogP contribution in [0.15, 0.2) is 30.3 Å². The Balaban J connectivity index is 1.81. The van der Waals surface area contributed by atoms with Crippen LogP contribution in [-0.2, 0) is 16.1 Å². The van der Waals surface area contributed by atoms with Crippen LogP contribution in [0.25, 0.3) is 0 Å². The van der Waals surface area contributed by atoms with Crippen LogP contribution < -0.4 is 10.6 Å². The van der Waals surface area contributed by atoms with Crippen LogP contribution in [0.5, 0.6) is 0 Å². The molecule has 1 aliphatic carbocycles. The van der Waals surface area contributed by atoms with E-state index in [1.807, 2.05) is 37.3 Å². The van der Waals surface area contributed by atoms with E-state index in [2.05, 4.69) is 10.6 Å². The van der Waals surface area contributed by atoms with E-state index in [4.69, 9.17) is 4.74 Å². The highest BCUT2D eigenvalue weighted by atomic mass is 16.5. The minimum Gasteiger partial charge on any atom is -0.445 e. The predicted octanol–water partition coefficient (Wildman–Crippen LogP) is 1.72. The van der Waals surface area contributed by atoms with Crippen molar-refractivity contribution in [3.05, 3.63) is 35.9 Å². The first-order valence-corrected chi connectivity index (χ1v) is 8.05. The number of amides is 2. The summed E-state index contributed by atoms with van der Waals surface area (Å²) in [6.07, 6.45) is 1.23. The monoisotopic (exact) mass is 320 g/mol. The van der Waals surface area contributed by atoms with Crippen molar-refractivity contribution < 1.29 is 19.4 Å². The number of ether oxygens (including phenoxy) is 1. The molecule has 0 saturated heterocycles. The van der Waals surface area contributed by atoms with E-state index in [1.165, 1.54) is 0 Å². The van der Waals surface area contributed by atoms with Crippen molar-refractivity contribution in [3.8, 4) is 0 Å². The molecule has 1 aromatic rings. The van der Waals surface area contributed by atoms with Crippen LogP contribution in [0.2, 0.25) is 0 Å². The van der Waals surface area contributed by atoms with Crippen LogP contribution in [-0.4, -0.2) is 35.3 Å². The molecule has 23 heavy (non-hydrogen) atoms. The summed E-state index contributed by atoms with van der Waals surface area (Å²) >= 11 is 0. The molecule has 1 aromatic carbocycles. The number of aliphatic hydroxyl groups is 1. The Kier molecular flexibility index (Phi) is 6.40. The van der Waals surface area contributed by atoms with Crippen molar-refractivity contribution in [1.82, 2.24) is 10.6 Å². The minimum atomic E-state index is -1.26. The SMILES string of the molecule is CCC[C@H](NC(=O)OCc1ccccc1)C(O)C(=O)NC1CC1. The molecule has 0 aliphatic heterocycles. The molecule has 6 heteroatoms. The van der Waals surface area contributed by atoms with Gasteiger partial charge in [-0.15, -0.1) is 0 Å². The summed E-state index contributed by atoms with van der Waals surface area (Å²) in [6, 6.07) is 8.84. The lowest BCUT2D eigenvalue weighted by Crippen LogP contribution is -2.51. The maximum absolute atomic E-state index is 11.9. The molecule has 1 saturated carbocycles. The first kappa shape index (κ1) is 17.3. The third-order valence-electron chi connectivity index (χ3n) is 3.69. The molecule has 0 aromatic heterocycles. The Hall–Kier alpha value is -2.08. The zero-order chi connectivity index (χ0) is 16.7. The fourth-order valence-electron chi connectivity index (χ4n) is 2.23. The van der Waals surface area contributed by atoms with Gasteiger partial charge in [0.1, 0.15) is 6.61 Å². The van der Waals surface area contributed by atoms with Gasteiger partial charge in [0.15, 0.2) is 6.10 Å².